The molecule has 0 unspecified atom stereocenters. The Kier molecular flexibility index (Phi) is 11.5. The molecule has 0 N–H and O–H groups in total. The fourth-order valence-electron chi connectivity index (χ4n) is 7.71. The van der Waals surface area contributed by atoms with E-state index < -0.39 is 0 Å². The molecule has 7 nitrogen and oxygen atoms in total. The fraction of sp³-hybridized carbons (Fsp3) is 0.649. The van der Waals surface area contributed by atoms with Gasteiger partial charge in [0.1, 0.15) is 5.75 Å². The topological polar surface area (TPSA) is 54.5 Å². The van der Waals surface area contributed by atoms with Crippen molar-refractivity contribution < 1.29 is 19.0 Å². The molecule has 1 amide bonds. The Labute approximate surface area is 265 Å². The third kappa shape index (κ3) is 8.28. The first-order chi connectivity index (χ1) is 21.4. The molecule has 0 bridgehead atoms. The highest BCUT2D eigenvalue weighted by Crippen LogP contribution is 2.41. The van der Waals surface area contributed by atoms with Gasteiger partial charge in [-0.3, -0.25) is 9.69 Å². The van der Waals surface area contributed by atoms with Crippen LogP contribution in [0.15, 0.2) is 42.5 Å². The lowest BCUT2D eigenvalue weighted by molar-refractivity contribution is -0.131. The van der Waals surface area contributed by atoms with E-state index in [9.17, 15) is 4.79 Å². The van der Waals surface area contributed by atoms with Crippen molar-refractivity contribution in [2.75, 3.05) is 60.0 Å². The molecule has 0 radical (unpaired) electrons. The van der Waals surface area contributed by atoms with E-state index in [4.69, 9.17) is 14.2 Å². The van der Waals surface area contributed by atoms with Gasteiger partial charge in [0.25, 0.3) is 0 Å². The standard InChI is InChI=1S/C37H55N3O4/c1-29(2)44-33-14-10-11-30(25-33)26-36(41)40-19-9-8-17-37(28-40,31-15-16-34(42-3)35(27-31)43-4)18-20-38-21-23-39(24-22-38)32-12-6-5-7-13-32/h10-11,14-16,25,27,29,32H,5-9,12-13,17-24,26,28H2,1-4H3/t37-/m1/s1. The van der Waals surface area contributed by atoms with Crippen LogP contribution in [0.25, 0.3) is 0 Å². The van der Waals surface area contributed by atoms with Gasteiger partial charge in [0, 0.05) is 50.7 Å². The highest BCUT2D eigenvalue weighted by atomic mass is 16.5. The van der Waals surface area contributed by atoms with Gasteiger partial charge in [-0.2, -0.15) is 0 Å². The van der Waals surface area contributed by atoms with Crippen LogP contribution < -0.4 is 14.2 Å². The quantitative estimate of drug-likeness (QED) is 0.299. The van der Waals surface area contributed by atoms with E-state index in [0.29, 0.717) is 6.42 Å². The third-order valence-corrected chi connectivity index (χ3v) is 10.2. The highest BCUT2D eigenvalue weighted by molar-refractivity contribution is 5.79. The minimum absolute atomic E-state index is 0.101. The maximum atomic E-state index is 13.9. The molecule has 0 spiro atoms. The molecule has 44 heavy (non-hydrogen) atoms. The number of carbonyl (C=O) groups is 1. The number of piperazine rings is 1. The van der Waals surface area contributed by atoms with Gasteiger partial charge >= 0.3 is 0 Å². The van der Waals surface area contributed by atoms with Crippen LogP contribution in [0.5, 0.6) is 17.2 Å². The molecule has 7 heteroatoms. The summed E-state index contributed by atoms with van der Waals surface area (Å²) in [6.45, 7) is 11.3. The van der Waals surface area contributed by atoms with E-state index in [1.165, 1.54) is 50.8 Å². The van der Waals surface area contributed by atoms with Crippen molar-refractivity contribution in [3.8, 4) is 17.2 Å². The van der Waals surface area contributed by atoms with Crippen LogP contribution in [0, 0.1) is 0 Å². The van der Waals surface area contributed by atoms with Crippen molar-refractivity contribution >= 4 is 5.91 Å². The summed E-state index contributed by atoms with van der Waals surface area (Å²) < 4.78 is 17.3. The van der Waals surface area contributed by atoms with Gasteiger partial charge in [0.2, 0.25) is 5.91 Å². The van der Waals surface area contributed by atoms with Gasteiger partial charge in [-0.05, 0) is 87.9 Å². The summed E-state index contributed by atoms with van der Waals surface area (Å²) in [6.07, 6.45) is 11.7. The van der Waals surface area contributed by atoms with Gasteiger partial charge in [-0.15, -0.1) is 0 Å². The Balaban J connectivity index is 1.33. The van der Waals surface area contributed by atoms with Crippen molar-refractivity contribution in [1.29, 1.82) is 0 Å². The number of benzene rings is 2. The Hall–Kier alpha value is -2.77. The molecule has 2 saturated heterocycles. The van der Waals surface area contributed by atoms with Gasteiger partial charge in [0.15, 0.2) is 11.5 Å². The van der Waals surface area contributed by atoms with E-state index >= 15 is 0 Å². The average Bonchev–Trinajstić information content (AvgIpc) is 3.28. The lowest BCUT2D eigenvalue weighted by Gasteiger charge is -2.43. The molecule has 2 aromatic rings. The lowest BCUT2D eigenvalue weighted by atomic mass is 9.73. The zero-order valence-corrected chi connectivity index (χ0v) is 27.7. The summed E-state index contributed by atoms with van der Waals surface area (Å²) in [5.41, 5.74) is 2.11. The third-order valence-electron chi connectivity index (χ3n) is 10.2. The number of carbonyl (C=O) groups excluding carboxylic acids is 1. The van der Waals surface area contributed by atoms with Gasteiger partial charge < -0.3 is 24.0 Å². The number of hydrogen-bond donors (Lipinski definition) is 0. The van der Waals surface area contributed by atoms with E-state index in [-0.39, 0.29) is 17.4 Å². The maximum absolute atomic E-state index is 13.9. The zero-order chi connectivity index (χ0) is 30.9. The van der Waals surface area contributed by atoms with E-state index in [1.54, 1.807) is 14.2 Å². The van der Waals surface area contributed by atoms with Crippen LogP contribution in [-0.4, -0.2) is 92.8 Å². The Bertz CT molecular complexity index is 1200. The molecule has 242 valence electrons. The molecule has 1 saturated carbocycles. The fourth-order valence-corrected chi connectivity index (χ4v) is 7.71. The van der Waals surface area contributed by atoms with Gasteiger partial charge in [-0.25, -0.2) is 0 Å². The second-order valence-electron chi connectivity index (χ2n) is 13.5. The van der Waals surface area contributed by atoms with Gasteiger partial charge in [0.05, 0.1) is 26.7 Å². The number of amides is 1. The molecule has 3 fully saturated rings. The summed E-state index contributed by atoms with van der Waals surface area (Å²) in [4.78, 5) is 21.5. The Morgan fingerprint density at radius 2 is 1.66 bits per heavy atom. The molecular formula is C37H55N3O4. The minimum atomic E-state index is -0.144. The highest BCUT2D eigenvalue weighted by Gasteiger charge is 2.38. The normalized spacial score (nSPS) is 22.5. The van der Waals surface area contributed by atoms with Crippen LogP contribution in [0.4, 0.5) is 0 Å². The van der Waals surface area contributed by atoms with Crippen LogP contribution in [0.3, 0.4) is 0 Å². The number of ether oxygens (including phenoxy) is 3. The zero-order valence-electron chi connectivity index (χ0n) is 27.7. The summed E-state index contributed by atoms with van der Waals surface area (Å²) in [5.74, 6) is 2.52. The first-order valence-electron chi connectivity index (χ1n) is 17.1. The second kappa shape index (κ2) is 15.5. The monoisotopic (exact) mass is 605 g/mol. The SMILES string of the molecule is COc1ccc([C@@]2(CCN3CCN(C4CCCCC4)CC3)CCCCN(C(=O)Cc3cccc(OC(C)C)c3)C2)cc1OC. The average molecular weight is 606 g/mol. The predicted octanol–water partition coefficient (Wildman–Crippen LogP) is 6.32. The van der Waals surface area contributed by atoms with Crippen LogP contribution in [-0.2, 0) is 16.6 Å². The summed E-state index contributed by atoms with van der Waals surface area (Å²) in [5, 5.41) is 0. The summed E-state index contributed by atoms with van der Waals surface area (Å²) >= 11 is 0. The minimum Gasteiger partial charge on any atom is -0.493 e. The molecule has 2 aliphatic heterocycles. The Morgan fingerprint density at radius 1 is 0.886 bits per heavy atom. The summed E-state index contributed by atoms with van der Waals surface area (Å²) in [6, 6.07) is 15.2. The molecular weight excluding hydrogens is 550 g/mol. The number of rotatable bonds is 11. The molecule has 1 atom stereocenters. The molecule has 5 rings (SSSR count). The molecule has 0 aromatic heterocycles. The largest absolute Gasteiger partial charge is 0.493 e. The van der Waals surface area contributed by atoms with Crippen molar-refractivity contribution in [2.45, 2.75) is 95.6 Å². The predicted molar refractivity (Wildman–Crippen MR) is 177 cm³/mol. The molecule has 2 heterocycles. The first kappa shape index (κ1) is 32.6. The van der Waals surface area contributed by atoms with Crippen LogP contribution >= 0.6 is 0 Å². The lowest BCUT2D eigenvalue weighted by Crippen LogP contribution is -2.52. The van der Waals surface area contributed by atoms with Gasteiger partial charge in [-0.1, -0.05) is 43.9 Å². The molecule has 1 aliphatic carbocycles. The molecule has 3 aliphatic rings. The maximum Gasteiger partial charge on any atom is 0.227 e. The number of likely N-dealkylation sites (tertiary alicyclic amines) is 1. The van der Waals surface area contributed by atoms with Crippen molar-refractivity contribution in [1.82, 2.24) is 14.7 Å². The van der Waals surface area contributed by atoms with E-state index in [0.717, 1.165) is 87.3 Å². The molecule has 2 aromatic carbocycles. The first-order valence-corrected chi connectivity index (χ1v) is 17.1. The van der Waals surface area contributed by atoms with Crippen molar-refractivity contribution in [2.24, 2.45) is 0 Å². The smallest absolute Gasteiger partial charge is 0.227 e. The summed E-state index contributed by atoms with van der Waals surface area (Å²) in [7, 11) is 3.40. The number of nitrogens with zero attached hydrogens (tertiary/aromatic N) is 3. The van der Waals surface area contributed by atoms with E-state index in [1.807, 2.05) is 44.2 Å². The number of hydrogen-bond acceptors (Lipinski definition) is 6. The van der Waals surface area contributed by atoms with Crippen molar-refractivity contribution in [3.63, 3.8) is 0 Å². The number of methoxy groups -OCH3 is 2. The Morgan fingerprint density at radius 3 is 2.39 bits per heavy atom. The van der Waals surface area contributed by atoms with E-state index in [2.05, 4.69) is 26.8 Å². The van der Waals surface area contributed by atoms with Crippen LogP contribution in [0.1, 0.15) is 82.8 Å². The van der Waals surface area contributed by atoms with Crippen molar-refractivity contribution in [3.05, 3.63) is 53.6 Å². The second-order valence-corrected chi connectivity index (χ2v) is 13.5. The van der Waals surface area contributed by atoms with Crippen LogP contribution in [0.2, 0.25) is 0 Å².